The second-order valence-corrected chi connectivity index (χ2v) is 3.29. The summed E-state index contributed by atoms with van der Waals surface area (Å²) < 4.78 is 5.23. The van der Waals surface area contributed by atoms with Crippen LogP contribution in [0.25, 0.3) is 0 Å². The fourth-order valence-electron chi connectivity index (χ4n) is 1.67. The zero-order chi connectivity index (χ0) is 9.26. The van der Waals surface area contributed by atoms with Crippen molar-refractivity contribution in [1.82, 2.24) is 5.32 Å². The second-order valence-electron chi connectivity index (χ2n) is 3.29. The zero-order valence-electron chi connectivity index (χ0n) is 7.26. The summed E-state index contributed by atoms with van der Waals surface area (Å²) in [6.07, 6.45) is 2.06. The van der Waals surface area contributed by atoms with Crippen LogP contribution < -0.4 is 5.32 Å². The number of ether oxygens (including phenoxy) is 1. The van der Waals surface area contributed by atoms with Crippen molar-refractivity contribution in [2.45, 2.75) is 19.3 Å². The lowest BCUT2D eigenvalue weighted by molar-refractivity contribution is -0.124. The number of hydrogen-bond donors (Lipinski definition) is 1. The molecular formula is C9H11NO3. The maximum Gasteiger partial charge on any atom is 0.254 e. The van der Waals surface area contributed by atoms with Gasteiger partial charge in [-0.3, -0.25) is 14.9 Å². The van der Waals surface area contributed by atoms with E-state index in [1.807, 2.05) is 0 Å². The average Bonchev–Trinajstić information content (AvgIpc) is 2.47. The third-order valence-electron chi connectivity index (χ3n) is 2.33. The number of hydrogen-bond acceptors (Lipinski definition) is 3. The highest BCUT2D eigenvalue weighted by Crippen LogP contribution is 2.21. The van der Waals surface area contributed by atoms with Crippen molar-refractivity contribution in [3.05, 3.63) is 11.1 Å². The zero-order valence-corrected chi connectivity index (χ0v) is 7.26. The van der Waals surface area contributed by atoms with E-state index < -0.39 is 0 Å². The van der Waals surface area contributed by atoms with Crippen molar-refractivity contribution < 1.29 is 14.3 Å². The monoisotopic (exact) mass is 181 g/mol. The van der Waals surface area contributed by atoms with Crippen molar-refractivity contribution in [1.29, 1.82) is 0 Å². The maximum atomic E-state index is 11.2. The van der Waals surface area contributed by atoms with Crippen LogP contribution in [0.2, 0.25) is 0 Å². The van der Waals surface area contributed by atoms with E-state index in [9.17, 15) is 9.59 Å². The van der Waals surface area contributed by atoms with Crippen LogP contribution in [-0.4, -0.2) is 25.0 Å². The van der Waals surface area contributed by atoms with E-state index in [0.717, 1.165) is 25.0 Å². The lowest BCUT2D eigenvalue weighted by Gasteiger charge is -2.15. The molecule has 0 saturated carbocycles. The first-order chi connectivity index (χ1) is 6.27. The van der Waals surface area contributed by atoms with Crippen LogP contribution in [0.15, 0.2) is 11.1 Å². The molecule has 0 aromatic heterocycles. The summed E-state index contributed by atoms with van der Waals surface area (Å²) in [5.41, 5.74) is 1.62. The number of rotatable bonds is 0. The highest BCUT2D eigenvalue weighted by atomic mass is 16.5. The third kappa shape index (κ3) is 1.62. The van der Waals surface area contributed by atoms with E-state index in [4.69, 9.17) is 4.74 Å². The molecule has 2 aliphatic rings. The van der Waals surface area contributed by atoms with E-state index in [2.05, 4.69) is 5.32 Å². The molecule has 2 rings (SSSR count). The van der Waals surface area contributed by atoms with Gasteiger partial charge in [-0.2, -0.15) is 0 Å². The summed E-state index contributed by atoms with van der Waals surface area (Å²) >= 11 is 0. The number of carbonyl (C=O) groups excluding carboxylic acids is 2. The van der Waals surface area contributed by atoms with Gasteiger partial charge in [-0.25, -0.2) is 0 Å². The molecule has 70 valence electrons. The van der Waals surface area contributed by atoms with E-state index in [1.165, 1.54) is 0 Å². The summed E-state index contributed by atoms with van der Waals surface area (Å²) in [5, 5.41) is 2.27. The number of nitrogens with one attached hydrogen (secondary N) is 1. The lowest BCUT2D eigenvalue weighted by atomic mass is 10.0. The van der Waals surface area contributed by atoms with Gasteiger partial charge in [0.05, 0.1) is 13.0 Å². The standard InChI is InChI=1S/C9H11NO3/c11-8-4-7(9(12)10-8)6-2-1-3-13-5-6/h1-5H2,(H,10,11,12). The Hall–Kier alpha value is -1.16. The topological polar surface area (TPSA) is 55.4 Å². The number of amides is 2. The van der Waals surface area contributed by atoms with E-state index in [1.54, 1.807) is 0 Å². The Bertz CT molecular complexity index is 285. The average molecular weight is 181 g/mol. The van der Waals surface area contributed by atoms with Gasteiger partial charge in [0, 0.05) is 12.2 Å². The molecule has 0 radical (unpaired) electrons. The Morgan fingerprint density at radius 1 is 1.31 bits per heavy atom. The molecule has 4 heteroatoms. The van der Waals surface area contributed by atoms with E-state index in [0.29, 0.717) is 12.2 Å². The van der Waals surface area contributed by atoms with Crippen LogP contribution in [0.5, 0.6) is 0 Å². The first-order valence-electron chi connectivity index (χ1n) is 4.40. The fraction of sp³-hybridized carbons (Fsp3) is 0.556. The molecule has 0 aliphatic carbocycles. The van der Waals surface area contributed by atoms with Crippen molar-refractivity contribution >= 4 is 11.8 Å². The van der Waals surface area contributed by atoms with Gasteiger partial charge in [0.1, 0.15) is 0 Å². The minimum absolute atomic E-state index is 0.196. The minimum atomic E-state index is -0.231. The highest BCUT2D eigenvalue weighted by Gasteiger charge is 2.27. The SMILES string of the molecule is O=C1CC(=C2CCCOC2)C(=O)N1. The quantitative estimate of drug-likeness (QED) is 0.427. The van der Waals surface area contributed by atoms with Gasteiger partial charge in [0.25, 0.3) is 5.91 Å². The van der Waals surface area contributed by atoms with Gasteiger partial charge in [-0.05, 0) is 18.4 Å². The van der Waals surface area contributed by atoms with Crippen LogP contribution >= 0.6 is 0 Å². The summed E-state index contributed by atoms with van der Waals surface area (Å²) in [7, 11) is 0. The first kappa shape index (κ1) is 8.44. The van der Waals surface area contributed by atoms with Gasteiger partial charge < -0.3 is 4.74 Å². The van der Waals surface area contributed by atoms with Crippen molar-refractivity contribution in [2.24, 2.45) is 0 Å². The van der Waals surface area contributed by atoms with Crippen molar-refractivity contribution in [2.75, 3.05) is 13.2 Å². The Kier molecular flexibility index (Phi) is 2.14. The van der Waals surface area contributed by atoms with E-state index >= 15 is 0 Å². The van der Waals surface area contributed by atoms with Gasteiger partial charge in [-0.15, -0.1) is 0 Å². The Morgan fingerprint density at radius 3 is 2.69 bits per heavy atom. The Morgan fingerprint density at radius 2 is 2.15 bits per heavy atom. The molecule has 0 atom stereocenters. The molecule has 13 heavy (non-hydrogen) atoms. The molecule has 0 bridgehead atoms. The van der Waals surface area contributed by atoms with Crippen LogP contribution in [0.4, 0.5) is 0 Å². The number of imide groups is 1. The third-order valence-corrected chi connectivity index (χ3v) is 2.33. The molecule has 2 aliphatic heterocycles. The molecule has 2 saturated heterocycles. The fourth-order valence-corrected chi connectivity index (χ4v) is 1.67. The normalized spacial score (nSPS) is 29.2. The molecule has 0 aromatic carbocycles. The Labute approximate surface area is 75.9 Å². The molecule has 4 nitrogen and oxygen atoms in total. The van der Waals surface area contributed by atoms with Gasteiger partial charge in [0.15, 0.2) is 0 Å². The molecule has 1 N–H and O–H groups in total. The molecule has 2 fully saturated rings. The highest BCUT2D eigenvalue weighted by molar-refractivity contribution is 6.13. The number of carbonyl (C=O) groups is 2. The predicted octanol–water partition coefficient (Wildman–Crippen LogP) is 0.140. The summed E-state index contributed by atoms with van der Waals surface area (Å²) in [4.78, 5) is 22.1. The lowest BCUT2D eigenvalue weighted by Crippen LogP contribution is -2.20. The summed E-state index contributed by atoms with van der Waals surface area (Å²) in [5.74, 6) is -0.427. The minimum Gasteiger partial charge on any atom is -0.377 e. The van der Waals surface area contributed by atoms with E-state index in [-0.39, 0.29) is 18.2 Å². The largest absolute Gasteiger partial charge is 0.377 e. The molecule has 0 spiro atoms. The van der Waals surface area contributed by atoms with Crippen molar-refractivity contribution in [3.63, 3.8) is 0 Å². The van der Waals surface area contributed by atoms with Gasteiger partial charge in [0.2, 0.25) is 5.91 Å². The van der Waals surface area contributed by atoms with Crippen LogP contribution in [0.3, 0.4) is 0 Å². The van der Waals surface area contributed by atoms with Crippen LogP contribution in [0.1, 0.15) is 19.3 Å². The molecule has 2 amide bonds. The first-order valence-corrected chi connectivity index (χ1v) is 4.40. The van der Waals surface area contributed by atoms with Gasteiger partial charge in [-0.1, -0.05) is 0 Å². The van der Waals surface area contributed by atoms with Crippen molar-refractivity contribution in [3.8, 4) is 0 Å². The molecule has 0 unspecified atom stereocenters. The maximum absolute atomic E-state index is 11.2. The predicted molar refractivity (Wildman–Crippen MR) is 44.8 cm³/mol. The molecular weight excluding hydrogens is 170 g/mol. The summed E-state index contributed by atoms with van der Waals surface area (Å²) in [6, 6.07) is 0. The molecule has 0 aromatic rings. The van der Waals surface area contributed by atoms with Gasteiger partial charge >= 0.3 is 0 Å². The Balaban J connectivity index is 2.21. The second kappa shape index (κ2) is 3.30. The molecule has 2 heterocycles. The van der Waals surface area contributed by atoms with Crippen LogP contribution in [0, 0.1) is 0 Å². The smallest absolute Gasteiger partial charge is 0.254 e. The summed E-state index contributed by atoms with van der Waals surface area (Å²) in [6.45, 7) is 1.27. The van der Waals surface area contributed by atoms with Crippen LogP contribution in [-0.2, 0) is 14.3 Å².